The molecule has 5 heteroatoms. The van der Waals surface area contributed by atoms with Gasteiger partial charge in [0.05, 0.1) is 5.69 Å². The molecule has 0 atom stereocenters. The highest BCUT2D eigenvalue weighted by Gasteiger charge is 2.07. The number of fused-ring (bicyclic) bond motifs is 1. The summed E-state index contributed by atoms with van der Waals surface area (Å²) in [4.78, 5) is 12.1. The normalized spacial score (nSPS) is 10.5. The molecule has 0 saturated heterocycles. The number of amides is 2. The van der Waals surface area contributed by atoms with Gasteiger partial charge in [0.15, 0.2) is 0 Å². The van der Waals surface area contributed by atoms with Crippen LogP contribution in [0.1, 0.15) is 5.56 Å². The Labute approximate surface area is 148 Å². The first kappa shape index (κ1) is 16.3. The van der Waals surface area contributed by atoms with Gasteiger partial charge >= 0.3 is 6.03 Å². The van der Waals surface area contributed by atoms with Gasteiger partial charge in [0, 0.05) is 21.8 Å². The van der Waals surface area contributed by atoms with Gasteiger partial charge in [0.2, 0.25) is 0 Å². The Balaban J connectivity index is 1.63. The number of urea groups is 1. The van der Waals surface area contributed by atoms with Crippen molar-refractivity contribution in [3.05, 3.63) is 70.7 Å². The minimum Gasteiger partial charge on any atom is -0.507 e. The Morgan fingerprint density at radius 2 is 1.71 bits per heavy atom. The number of nitrogens with one attached hydrogen (secondary N) is 2. The second kappa shape index (κ2) is 7.36. The summed E-state index contributed by atoms with van der Waals surface area (Å²) in [5, 5.41) is 17.1. The second-order valence-electron chi connectivity index (χ2n) is 5.40. The number of hydrogen-bond acceptors (Lipinski definition) is 2. The lowest BCUT2D eigenvalue weighted by Crippen LogP contribution is -2.30. The molecule has 0 aromatic heterocycles. The van der Waals surface area contributed by atoms with Crippen molar-refractivity contribution in [3.8, 4) is 5.75 Å². The van der Waals surface area contributed by atoms with Gasteiger partial charge in [-0.15, -0.1) is 0 Å². The third-order valence-corrected chi connectivity index (χ3v) is 4.56. The molecular weight excluding hydrogens is 368 g/mol. The van der Waals surface area contributed by atoms with E-state index in [1.165, 1.54) is 0 Å². The minimum atomic E-state index is -0.266. The molecule has 0 aliphatic carbocycles. The summed E-state index contributed by atoms with van der Waals surface area (Å²) in [6, 6.07) is 18.4. The van der Waals surface area contributed by atoms with Gasteiger partial charge in [-0.1, -0.05) is 58.4 Å². The fourth-order valence-electron chi connectivity index (χ4n) is 2.58. The van der Waals surface area contributed by atoms with Crippen LogP contribution in [0.4, 0.5) is 10.5 Å². The number of phenolic OH excluding ortho intramolecular Hbond substituents is 1. The summed E-state index contributed by atoms with van der Waals surface area (Å²) >= 11 is 3.50. The zero-order valence-corrected chi connectivity index (χ0v) is 14.5. The number of aromatic hydroxyl groups is 1. The third kappa shape index (κ3) is 3.68. The zero-order valence-electron chi connectivity index (χ0n) is 12.9. The van der Waals surface area contributed by atoms with Crippen LogP contribution in [0.2, 0.25) is 0 Å². The molecule has 4 nitrogen and oxygen atoms in total. The number of hydrogen-bond donors (Lipinski definition) is 3. The molecule has 24 heavy (non-hydrogen) atoms. The average Bonchev–Trinajstić information content (AvgIpc) is 2.58. The van der Waals surface area contributed by atoms with Crippen LogP contribution in [0.25, 0.3) is 10.8 Å². The Morgan fingerprint density at radius 3 is 2.54 bits per heavy atom. The van der Waals surface area contributed by atoms with Gasteiger partial charge in [0.25, 0.3) is 0 Å². The molecule has 0 fully saturated rings. The highest BCUT2D eigenvalue weighted by atomic mass is 79.9. The van der Waals surface area contributed by atoms with Gasteiger partial charge in [-0.25, -0.2) is 4.79 Å². The molecule has 3 aromatic carbocycles. The quantitative estimate of drug-likeness (QED) is 0.611. The molecule has 0 bridgehead atoms. The lowest BCUT2D eigenvalue weighted by atomic mass is 10.1. The fourth-order valence-corrected chi connectivity index (χ4v) is 3.06. The number of carbonyl (C=O) groups is 1. The Hall–Kier alpha value is -2.53. The average molecular weight is 385 g/mol. The van der Waals surface area contributed by atoms with E-state index in [2.05, 4.69) is 26.6 Å². The molecule has 0 spiro atoms. The lowest BCUT2D eigenvalue weighted by Gasteiger charge is -2.11. The van der Waals surface area contributed by atoms with E-state index in [0.717, 1.165) is 21.8 Å². The van der Waals surface area contributed by atoms with Crippen LogP contribution < -0.4 is 10.6 Å². The smallest absolute Gasteiger partial charge is 0.319 e. The van der Waals surface area contributed by atoms with Crippen LogP contribution in [0.3, 0.4) is 0 Å². The van der Waals surface area contributed by atoms with Crippen molar-refractivity contribution in [2.24, 2.45) is 0 Å². The Kier molecular flexibility index (Phi) is 5.01. The van der Waals surface area contributed by atoms with Gasteiger partial charge < -0.3 is 15.7 Å². The van der Waals surface area contributed by atoms with Crippen molar-refractivity contribution >= 4 is 38.4 Å². The predicted octanol–water partition coefficient (Wildman–Crippen LogP) is 4.67. The van der Waals surface area contributed by atoms with Gasteiger partial charge in [0.1, 0.15) is 5.75 Å². The molecule has 0 unspecified atom stereocenters. The molecule has 3 N–H and O–H groups in total. The van der Waals surface area contributed by atoms with E-state index in [1.807, 2.05) is 42.5 Å². The molecule has 0 radical (unpaired) electrons. The van der Waals surface area contributed by atoms with Gasteiger partial charge in [-0.3, -0.25) is 0 Å². The maximum absolute atomic E-state index is 12.1. The van der Waals surface area contributed by atoms with Crippen LogP contribution in [-0.2, 0) is 6.42 Å². The van der Waals surface area contributed by atoms with Crippen LogP contribution in [-0.4, -0.2) is 17.7 Å². The number of anilines is 1. The summed E-state index contributed by atoms with van der Waals surface area (Å²) in [5.74, 6) is 0.200. The summed E-state index contributed by atoms with van der Waals surface area (Å²) < 4.78 is 1.04. The van der Waals surface area contributed by atoms with Crippen molar-refractivity contribution in [1.82, 2.24) is 5.32 Å². The van der Waals surface area contributed by atoms with Crippen molar-refractivity contribution in [1.29, 1.82) is 0 Å². The zero-order chi connectivity index (χ0) is 16.9. The standard InChI is InChI=1S/C19H17BrN2O2/c20-16-8-2-1-5-13(16)11-12-21-19(24)22-17-9-3-7-15-14(17)6-4-10-18(15)23/h1-10,23H,11-12H2,(H2,21,22,24). The predicted molar refractivity (Wildman–Crippen MR) is 100 cm³/mol. The maximum atomic E-state index is 12.1. The summed E-state index contributed by atoms with van der Waals surface area (Å²) in [5.41, 5.74) is 1.81. The minimum absolute atomic E-state index is 0.200. The lowest BCUT2D eigenvalue weighted by molar-refractivity contribution is 0.252. The summed E-state index contributed by atoms with van der Waals surface area (Å²) in [7, 11) is 0. The van der Waals surface area contributed by atoms with Crippen LogP contribution in [0.15, 0.2) is 65.1 Å². The number of carbonyl (C=O) groups excluding carboxylic acids is 1. The molecule has 0 aliphatic rings. The Bertz CT molecular complexity index is 880. The largest absolute Gasteiger partial charge is 0.507 e. The first-order valence-corrected chi connectivity index (χ1v) is 8.43. The first-order chi connectivity index (χ1) is 11.6. The molecule has 0 saturated carbocycles. The number of halogens is 1. The van der Waals surface area contributed by atoms with Crippen LogP contribution in [0.5, 0.6) is 5.75 Å². The molecule has 2 amide bonds. The Morgan fingerprint density at radius 1 is 0.958 bits per heavy atom. The van der Waals surface area contributed by atoms with Crippen molar-refractivity contribution < 1.29 is 9.90 Å². The molecule has 0 aliphatic heterocycles. The van der Waals surface area contributed by atoms with E-state index < -0.39 is 0 Å². The molecule has 0 heterocycles. The number of rotatable bonds is 4. The van der Waals surface area contributed by atoms with E-state index in [0.29, 0.717) is 17.6 Å². The number of phenols is 1. The first-order valence-electron chi connectivity index (χ1n) is 7.64. The number of benzene rings is 3. The maximum Gasteiger partial charge on any atom is 0.319 e. The fraction of sp³-hybridized carbons (Fsp3) is 0.105. The van der Waals surface area contributed by atoms with Crippen LogP contribution >= 0.6 is 15.9 Å². The summed E-state index contributed by atoms with van der Waals surface area (Å²) in [6.45, 7) is 0.532. The SMILES string of the molecule is O=C(NCCc1ccccc1Br)Nc1cccc2c(O)cccc12. The van der Waals surface area contributed by atoms with E-state index in [9.17, 15) is 9.90 Å². The highest BCUT2D eigenvalue weighted by molar-refractivity contribution is 9.10. The molecule has 122 valence electrons. The van der Waals surface area contributed by atoms with Gasteiger partial charge in [-0.2, -0.15) is 0 Å². The van der Waals surface area contributed by atoms with Gasteiger partial charge in [-0.05, 0) is 30.2 Å². The topological polar surface area (TPSA) is 61.4 Å². The van der Waals surface area contributed by atoms with E-state index in [4.69, 9.17) is 0 Å². The molecular formula is C19H17BrN2O2. The third-order valence-electron chi connectivity index (χ3n) is 3.78. The van der Waals surface area contributed by atoms with E-state index >= 15 is 0 Å². The van der Waals surface area contributed by atoms with E-state index in [-0.39, 0.29) is 11.8 Å². The molecule has 3 aromatic rings. The second-order valence-corrected chi connectivity index (χ2v) is 6.25. The van der Waals surface area contributed by atoms with Crippen LogP contribution in [0, 0.1) is 0 Å². The van der Waals surface area contributed by atoms with Crippen molar-refractivity contribution in [2.75, 3.05) is 11.9 Å². The van der Waals surface area contributed by atoms with Crippen molar-refractivity contribution in [2.45, 2.75) is 6.42 Å². The van der Waals surface area contributed by atoms with Crippen molar-refractivity contribution in [3.63, 3.8) is 0 Å². The monoisotopic (exact) mass is 384 g/mol. The summed E-state index contributed by atoms with van der Waals surface area (Å²) in [6.07, 6.45) is 0.741. The van der Waals surface area contributed by atoms with E-state index in [1.54, 1.807) is 18.2 Å². The highest BCUT2D eigenvalue weighted by Crippen LogP contribution is 2.29. The molecule has 3 rings (SSSR count).